The van der Waals surface area contributed by atoms with Crippen molar-refractivity contribution in [2.24, 2.45) is 0 Å². The highest BCUT2D eigenvalue weighted by Crippen LogP contribution is 2.22. The average molecular weight is 415 g/mol. The molecular formula is C21H22FN3O3S. The van der Waals surface area contributed by atoms with Crippen LogP contribution >= 0.6 is 11.8 Å². The van der Waals surface area contributed by atoms with E-state index in [4.69, 9.17) is 9.15 Å². The summed E-state index contributed by atoms with van der Waals surface area (Å²) in [7, 11) is 1.63. The van der Waals surface area contributed by atoms with E-state index >= 15 is 0 Å². The molecule has 2 aromatic carbocycles. The van der Waals surface area contributed by atoms with Gasteiger partial charge in [0.2, 0.25) is 5.91 Å². The van der Waals surface area contributed by atoms with Crippen molar-refractivity contribution in [2.75, 3.05) is 12.8 Å². The van der Waals surface area contributed by atoms with E-state index in [1.165, 1.54) is 11.0 Å². The van der Waals surface area contributed by atoms with Gasteiger partial charge in [0.15, 0.2) is 6.61 Å². The number of rotatable bonds is 8. The number of benzene rings is 2. The number of hydrogen-bond donors (Lipinski definition) is 0. The third kappa shape index (κ3) is 5.80. The number of aryl methyl sites for hydroxylation is 2. The van der Waals surface area contributed by atoms with Crippen LogP contribution in [0.3, 0.4) is 0 Å². The molecule has 0 atom stereocenters. The lowest BCUT2D eigenvalue weighted by Gasteiger charge is -2.16. The average Bonchev–Trinajstić information content (AvgIpc) is 3.16. The molecule has 0 N–H and O–H groups in total. The summed E-state index contributed by atoms with van der Waals surface area (Å²) in [4.78, 5) is 13.8. The summed E-state index contributed by atoms with van der Waals surface area (Å²) in [5.74, 6) is 0.725. The summed E-state index contributed by atoms with van der Waals surface area (Å²) in [6, 6.07) is 12.4. The second kappa shape index (κ2) is 9.56. The largest absolute Gasteiger partial charge is 0.484 e. The summed E-state index contributed by atoms with van der Waals surface area (Å²) < 4.78 is 25.0. The van der Waals surface area contributed by atoms with Gasteiger partial charge in [-0.05, 0) is 37.1 Å². The maximum atomic E-state index is 13.7. The Bertz CT molecular complexity index is 993. The Morgan fingerprint density at radius 3 is 2.79 bits per heavy atom. The number of carbonyl (C=O) groups excluding carboxylic acids is 1. The molecule has 8 heteroatoms. The highest BCUT2D eigenvalue weighted by Gasteiger charge is 2.15. The van der Waals surface area contributed by atoms with E-state index in [0.717, 1.165) is 28.6 Å². The van der Waals surface area contributed by atoms with Gasteiger partial charge >= 0.3 is 0 Å². The van der Waals surface area contributed by atoms with Gasteiger partial charge in [-0.25, -0.2) is 4.39 Å². The summed E-state index contributed by atoms with van der Waals surface area (Å²) in [6.45, 7) is 4.31. The smallest absolute Gasteiger partial charge is 0.277 e. The molecule has 0 aliphatic rings. The summed E-state index contributed by atoms with van der Waals surface area (Å²) in [5.41, 5.74) is 2.59. The van der Waals surface area contributed by atoms with E-state index in [-0.39, 0.29) is 35.9 Å². The van der Waals surface area contributed by atoms with E-state index in [0.29, 0.717) is 11.5 Å². The molecule has 0 saturated carbocycles. The second-order valence-corrected chi connectivity index (χ2v) is 7.58. The van der Waals surface area contributed by atoms with Crippen LogP contribution in [0.2, 0.25) is 0 Å². The van der Waals surface area contributed by atoms with Crippen molar-refractivity contribution >= 4 is 17.7 Å². The molecule has 152 valence electrons. The van der Waals surface area contributed by atoms with Gasteiger partial charge < -0.3 is 14.1 Å². The first-order chi connectivity index (χ1) is 13.9. The number of halogens is 1. The molecule has 1 aromatic heterocycles. The molecule has 0 unspecified atom stereocenters. The van der Waals surface area contributed by atoms with Crippen LogP contribution in [0.15, 0.2) is 52.1 Å². The second-order valence-electron chi connectivity index (χ2n) is 6.65. The molecule has 0 aliphatic carbocycles. The Labute approximate surface area is 173 Å². The summed E-state index contributed by atoms with van der Waals surface area (Å²) >= 11 is 1.14. The Morgan fingerprint density at radius 2 is 2.00 bits per heavy atom. The van der Waals surface area contributed by atoms with Crippen LogP contribution in [0.1, 0.15) is 22.6 Å². The minimum Gasteiger partial charge on any atom is -0.484 e. The van der Waals surface area contributed by atoms with Crippen molar-refractivity contribution < 1.29 is 18.3 Å². The molecule has 0 spiro atoms. The number of hydrogen-bond acceptors (Lipinski definition) is 6. The number of carbonyl (C=O) groups is 1. The van der Waals surface area contributed by atoms with Crippen molar-refractivity contribution in [2.45, 2.75) is 32.2 Å². The van der Waals surface area contributed by atoms with E-state index in [9.17, 15) is 9.18 Å². The molecular weight excluding hydrogens is 393 g/mol. The van der Waals surface area contributed by atoms with Crippen LogP contribution in [0.5, 0.6) is 5.75 Å². The molecule has 0 bridgehead atoms. The molecule has 1 heterocycles. The van der Waals surface area contributed by atoms with E-state index in [2.05, 4.69) is 10.2 Å². The zero-order valence-corrected chi connectivity index (χ0v) is 17.3. The lowest BCUT2D eigenvalue weighted by Crippen LogP contribution is -2.28. The normalized spacial score (nSPS) is 10.8. The van der Waals surface area contributed by atoms with Crippen molar-refractivity contribution in [1.82, 2.24) is 15.1 Å². The van der Waals surface area contributed by atoms with Crippen LogP contribution in [-0.4, -0.2) is 33.8 Å². The molecule has 1 amide bonds. The number of aromatic nitrogens is 2. The Kier molecular flexibility index (Phi) is 6.87. The highest BCUT2D eigenvalue weighted by atomic mass is 32.2. The van der Waals surface area contributed by atoms with Gasteiger partial charge in [0.05, 0.1) is 5.75 Å². The molecule has 3 aromatic rings. The maximum absolute atomic E-state index is 13.7. The highest BCUT2D eigenvalue weighted by molar-refractivity contribution is 7.99. The van der Waals surface area contributed by atoms with Gasteiger partial charge in [-0.15, -0.1) is 10.2 Å². The summed E-state index contributed by atoms with van der Waals surface area (Å²) in [5, 5.41) is 8.17. The minimum atomic E-state index is -0.329. The van der Waals surface area contributed by atoms with E-state index < -0.39 is 0 Å². The first-order valence-electron chi connectivity index (χ1n) is 9.05. The van der Waals surface area contributed by atoms with Crippen molar-refractivity contribution in [3.05, 3.63) is 70.9 Å². The van der Waals surface area contributed by atoms with Crippen molar-refractivity contribution in [1.29, 1.82) is 0 Å². The topological polar surface area (TPSA) is 68.5 Å². The fourth-order valence-electron chi connectivity index (χ4n) is 2.56. The first-order valence-corrected chi connectivity index (χ1v) is 10.0. The number of nitrogens with zero attached hydrogens (tertiary/aromatic N) is 3. The van der Waals surface area contributed by atoms with E-state index in [1.54, 1.807) is 25.2 Å². The number of thioether (sulfide) groups is 1. The van der Waals surface area contributed by atoms with E-state index in [1.807, 2.05) is 32.0 Å². The van der Waals surface area contributed by atoms with Crippen LogP contribution in [0.25, 0.3) is 0 Å². The zero-order valence-electron chi connectivity index (χ0n) is 16.5. The monoisotopic (exact) mass is 415 g/mol. The molecule has 0 radical (unpaired) electrons. The molecule has 6 nitrogen and oxygen atoms in total. The van der Waals surface area contributed by atoms with Gasteiger partial charge in [-0.3, -0.25) is 4.79 Å². The zero-order chi connectivity index (χ0) is 20.8. The number of ether oxygens (including phenoxy) is 1. The molecule has 0 aliphatic heterocycles. The predicted molar refractivity (Wildman–Crippen MR) is 108 cm³/mol. The third-order valence-electron chi connectivity index (χ3n) is 4.25. The number of amides is 1. The SMILES string of the molecule is Cc1ccc(C)c(OCc2nnc(SCC(=O)N(C)Cc3ccccc3F)o2)c1. The summed E-state index contributed by atoms with van der Waals surface area (Å²) in [6.07, 6.45) is 0. The quantitative estimate of drug-likeness (QED) is 0.515. The van der Waals surface area contributed by atoms with Crippen LogP contribution in [-0.2, 0) is 17.9 Å². The molecule has 3 rings (SSSR count). The lowest BCUT2D eigenvalue weighted by atomic mass is 10.1. The molecule has 0 saturated heterocycles. The maximum Gasteiger partial charge on any atom is 0.277 e. The van der Waals surface area contributed by atoms with Gasteiger partial charge in [0.1, 0.15) is 11.6 Å². The Morgan fingerprint density at radius 1 is 1.21 bits per heavy atom. The fraction of sp³-hybridized carbons (Fsp3) is 0.286. The Hall–Kier alpha value is -2.87. The van der Waals surface area contributed by atoms with Gasteiger partial charge in [-0.2, -0.15) is 0 Å². The van der Waals surface area contributed by atoms with Crippen molar-refractivity contribution in [3.63, 3.8) is 0 Å². The van der Waals surface area contributed by atoms with Crippen LogP contribution in [0.4, 0.5) is 4.39 Å². The first kappa shape index (κ1) is 20.9. The van der Waals surface area contributed by atoms with Crippen LogP contribution < -0.4 is 4.74 Å². The van der Waals surface area contributed by atoms with Crippen LogP contribution in [0, 0.1) is 19.7 Å². The van der Waals surface area contributed by atoms with Gasteiger partial charge in [-0.1, -0.05) is 42.1 Å². The minimum absolute atomic E-state index is 0.116. The molecule has 0 fully saturated rings. The Balaban J connectivity index is 1.49. The van der Waals surface area contributed by atoms with Gasteiger partial charge in [0.25, 0.3) is 11.1 Å². The van der Waals surface area contributed by atoms with Crippen molar-refractivity contribution in [3.8, 4) is 5.75 Å². The fourth-order valence-corrected chi connectivity index (χ4v) is 3.28. The standard InChI is InChI=1S/C21H22FN3O3S/c1-14-8-9-15(2)18(10-14)27-12-19-23-24-21(28-19)29-13-20(26)25(3)11-16-6-4-5-7-17(16)22/h4-10H,11-13H2,1-3H3. The lowest BCUT2D eigenvalue weighted by molar-refractivity contribution is -0.127. The predicted octanol–water partition coefficient (Wildman–Crippen LogP) is 4.16. The third-order valence-corrected chi connectivity index (χ3v) is 5.06. The van der Waals surface area contributed by atoms with Gasteiger partial charge in [0, 0.05) is 19.2 Å². The molecule has 29 heavy (non-hydrogen) atoms.